The van der Waals surface area contributed by atoms with Crippen LogP contribution in [0.5, 0.6) is 5.75 Å². The first-order valence-electron chi connectivity index (χ1n) is 6.96. The van der Waals surface area contributed by atoms with Crippen LogP contribution in [-0.4, -0.2) is 12.3 Å². The maximum absolute atomic E-state index is 14.1. The zero-order chi connectivity index (χ0) is 15.6. The van der Waals surface area contributed by atoms with Crippen LogP contribution in [0, 0.1) is 19.7 Å². The summed E-state index contributed by atoms with van der Waals surface area (Å²) in [5.74, 6) is 1.03. The van der Waals surface area contributed by atoms with Crippen molar-refractivity contribution in [3.63, 3.8) is 0 Å². The predicted octanol–water partition coefficient (Wildman–Crippen LogP) is 3.85. The number of aryl methyl sites for hydroxylation is 2. The molecule has 4 nitrogen and oxygen atoms in total. The highest BCUT2D eigenvalue weighted by Crippen LogP contribution is 2.26. The van der Waals surface area contributed by atoms with Crippen molar-refractivity contribution in [3.8, 4) is 5.75 Å². The maximum atomic E-state index is 14.1. The smallest absolute Gasteiger partial charge is 0.138 e. The molecule has 2 rings (SSSR count). The summed E-state index contributed by atoms with van der Waals surface area (Å²) >= 11 is 0. The van der Waals surface area contributed by atoms with Crippen LogP contribution in [0.15, 0.2) is 22.7 Å². The van der Waals surface area contributed by atoms with E-state index in [9.17, 15) is 4.39 Å². The monoisotopic (exact) mass is 292 g/mol. The summed E-state index contributed by atoms with van der Waals surface area (Å²) in [5, 5.41) is 7.33. The molecular formula is C16H21FN2O2. The molecule has 2 aromatic rings. The summed E-state index contributed by atoms with van der Waals surface area (Å²) in [6, 6.07) is 4.78. The standard InChI is InChI=1S/C16H21FN2O2/c1-9(14-7-6-13(20-5)8-15(14)17)18-10(2)16-11(3)19-21-12(16)4/h6-10,18H,1-5H3. The number of hydrogen-bond acceptors (Lipinski definition) is 4. The molecule has 0 bridgehead atoms. The SMILES string of the molecule is COc1ccc(C(C)NC(C)c2c(C)noc2C)c(F)c1. The Bertz CT molecular complexity index is 605. The molecule has 0 spiro atoms. The molecule has 2 atom stereocenters. The van der Waals surface area contributed by atoms with Gasteiger partial charge in [-0.05, 0) is 33.8 Å². The van der Waals surface area contributed by atoms with Gasteiger partial charge in [0.15, 0.2) is 0 Å². The largest absolute Gasteiger partial charge is 0.497 e. The number of hydrogen-bond donors (Lipinski definition) is 1. The van der Waals surface area contributed by atoms with E-state index >= 15 is 0 Å². The number of aromatic nitrogens is 1. The fourth-order valence-electron chi connectivity index (χ4n) is 2.64. The number of methoxy groups -OCH3 is 1. The molecule has 1 N–H and O–H groups in total. The van der Waals surface area contributed by atoms with Crippen LogP contribution in [0.1, 0.15) is 48.5 Å². The first-order valence-corrected chi connectivity index (χ1v) is 6.96. The lowest BCUT2D eigenvalue weighted by atomic mass is 10.0. The quantitative estimate of drug-likeness (QED) is 0.909. The second kappa shape index (κ2) is 6.26. The van der Waals surface area contributed by atoms with Crippen LogP contribution in [0.3, 0.4) is 0 Å². The van der Waals surface area contributed by atoms with Crippen molar-refractivity contribution in [1.82, 2.24) is 10.5 Å². The van der Waals surface area contributed by atoms with Gasteiger partial charge in [-0.1, -0.05) is 11.2 Å². The third-order valence-corrected chi connectivity index (χ3v) is 3.70. The molecule has 21 heavy (non-hydrogen) atoms. The molecular weight excluding hydrogens is 271 g/mol. The molecule has 2 unspecified atom stereocenters. The number of rotatable bonds is 5. The summed E-state index contributed by atoms with van der Waals surface area (Å²) in [6.45, 7) is 7.73. The predicted molar refractivity (Wildman–Crippen MR) is 78.9 cm³/mol. The van der Waals surface area contributed by atoms with E-state index in [1.807, 2.05) is 27.7 Å². The Balaban J connectivity index is 2.16. The molecule has 1 aromatic carbocycles. The Kier molecular flexibility index (Phi) is 4.63. The molecule has 0 fully saturated rings. The molecule has 0 aliphatic heterocycles. The van der Waals surface area contributed by atoms with E-state index in [2.05, 4.69) is 10.5 Å². The third kappa shape index (κ3) is 3.24. The van der Waals surface area contributed by atoms with Crippen LogP contribution in [0.2, 0.25) is 0 Å². The van der Waals surface area contributed by atoms with Crippen molar-refractivity contribution in [1.29, 1.82) is 0 Å². The average molecular weight is 292 g/mol. The highest BCUT2D eigenvalue weighted by molar-refractivity contribution is 5.31. The number of nitrogens with zero attached hydrogens (tertiary/aromatic N) is 1. The minimum absolute atomic E-state index is 0.0211. The highest BCUT2D eigenvalue weighted by Gasteiger charge is 2.20. The fraction of sp³-hybridized carbons (Fsp3) is 0.438. The zero-order valence-corrected chi connectivity index (χ0v) is 13.0. The molecule has 0 amide bonds. The molecule has 114 valence electrons. The van der Waals surface area contributed by atoms with Crippen molar-refractivity contribution in [2.75, 3.05) is 7.11 Å². The Morgan fingerprint density at radius 1 is 1.24 bits per heavy atom. The van der Waals surface area contributed by atoms with Crippen LogP contribution >= 0.6 is 0 Å². The highest BCUT2D eigenvalue weighted by atomic mass is 19.1. The molecule has 5 heteroatoms. The Labute approximate surface area is 124 Å². The minimum atomic E-state index is -0.277. The fourth-order valence-corrected chi connectivity index (χ4v) is 2.64. The lowest BCUT2D eigenvalue weighted by molar-refractivity contribution is 0.389. The zero-order valence-electron chi connectivity index (χ0n) is 13.0. The topological polar surface area (TPSA) is 47.3 Å². The normalized spacial score (nSPS) is 14.0. The van der Waals surface area contributed by atoms with Crippen LogP contribution in [0.25, 0.3) is 0 Å². The van der Waals surface area contributed by atoms with E-state index in [0.717, 1.165) is 17.0 Å². The minimum Gasteiger partial charge on any atom is -0.497 e. The summed E-state index contributed by atoms with van der Waals surface area (Å²) in [7, 11) is 1.52. The van der Waals surface area contributed by atoms with Gasteiger partial charge in [-0.15, -0.1) is 0 Å². The van der Waals surface area contributed by atoms with Crippen LogP contribution < -0.4 is 10.1 Å². The molecule has 0 aliphatic rings. The van der Waals surface area contributed by atoms with Crippen molar-refractivity contribution in [2.24, 2.45) is 0 Å². The second-order valence-corrected chi connectivity index (χ2v) is 5.24. The number of halogens is 1. The van der Waals surface area contributed by atoms with Crippen molar-refractivity contribution >= 4 is 0 Å². The Hall–Kier alpha value is -1.88. The van der Waals surface area contributed by atoms with Gasteiger partial charge in [-0.25, -0.2) is 4.39 Å². The lowest BCUT2D eigenvalue weighted by Gasteiger charge is -2.21. The van der Waals surface area contributed by atoms with Gasteiger partial charge < -0.3 is 14.6 Å². The summed E-state index contributed by atoms with van der Waals surface area (Å²) in [6.07, 6.45) is 0. The van der Waals surface area contributed by atoms with Crippen molar-refractivity contribution in [3.05, 3.63) is 46.6 Å². The van der Waals surface area contributed by atoms with Crippen molar-refractivity contribution in [2.45, 2.75) is 39.8 Å². The summed E-state index contributed by atoms with van der Waals surface area (Å²) in [4.78, 5) is 0. The molecule has 0 radical (unpaired) electrons. The average Bonchev–Trinajstić information content (AvgIpc) is 2.77. The molecule has 0 saturated carbocycles. The van der Waals surface area contributed by atoms with Gasteiger partial charge in [0.1, 0.15) is 17.3 Å². The summed E-state index contributed by atoms with van der Waals surface area (Å²) in [5.41, 5.74) is 2.49. The van der Waals surface area contributed by atoms with E-state index in [4.69, 9.17) is 9.26 Å². The first-order chi connectivity index (χ1) is 9.93. The molecule has 0 aliphatic carbocycles. The number of ether oxygens (including phenoxy) is 1. The van der Waals surface area contributed by atoms with Gasteiger partial charge in [0.2, 0.25) is 0 Å². The van der Waals surface area contributed by atoms with Crippen LogP contribution in [0.4, 0.5) is 4.39 Å². The molecule has 1 heterocycles. The molecule has 0 saturated heterocycles. The van der Waals surface area contributed by atoms with Crippen LogP contribution in [-0.2, 0) is 0 Å². The van der Waals surface area contributed by atoms with E-state index in [0.29, 0.717) is 11.3 Å². The van der Waals surface area contributed by atoms with E-state index in [-0.39, 0.29) is 17.9 Å². The first kappa shape index (κ1) is 15.5. The maximum Gasteiger partial charge on any atom is 0.138 e. The third-order valence-electron chi connectivity index (χ3n) is 3.70. The van der Waals surface area contributed by atoms with Gasteiger partial charge >= 0.3 is 0 Å². The van der Waals surface area contributed by atoms with Gasteiger partial charge in [-0.3, -0.25) is 0 Å². The van der Waals surface area contributed by atoms with E-state index in [1.54, 1.807) is 12.1 Å². The van der Waals surface area contributed by atoms with Gasteiger partial charge in [0.25, 0.3) is 0 Å². The van der Waals surface area contributed by atoms with Gasteiger partial charge in [0, 0.05) is 29.3 Å². The van der Waals surface area contributed by atoms with Gasteiger partial charge in [0.05, 0.1) is 12.8 Å². The number of nitrogens with one attached hydrogen (secondary N) is 1. The lowest BCUT2D eigenvalue weighted by Crippen LogP contribution is -2.24. The molecule has 1 aromatic heterocycles. The Morgan fingerprint density at radius 2 is 1.95 bits per heavy atom. The van der Waals surface area contributed by atoms with Crippen molar-refractivity contribution < 1.29 is 13.7 Å². The number of benzene rings is 1. The second-order valence-electron chi connectivity index (χ2n) is 5.24. The summed E-state index contributed by atoms with van der Waals surface area (Å²) < 4.78 is 24.3. The Morgan fingerprint density at radius 3 is 2.48 bits per heavy atom. The van der Waals surface area contributed by atoms with E-state index < -0.39 is 0 Å². The van der Waals surface area contributed by atoms with Gasteiger partial charge in [-0.2, -0.15) is 0 Å². The van der Waals surface area contributed by atoms with E-state index in [1.165, 1.54) is 13.2 Å².